The molecular weight excluding hydrogens is 308 g/mol. The lowest BCUT2D eigenvalue weighted by atomic mass is 9.97. The minimum Gasteiger partial charge on any atom is -0.459 e. The van der Waals surface area contributed by atoms with Gasteiger partial charge < -0.3 is 9.73 Å². The summed E-state index contributed by atoms with van der Waals surface area (Å²) < 4.78 is 5.29. The Labute approximate surface area is 141 Å². The number of hydrogen-bond donors (Lipinski definition) is 1. The van der Waals surface area contributed by atoms with Crippen LogP contribution >= 0.6 is 11.3 Å². The third-order valence-electron chi connectivity index (χ3n) is 4.65. The summed E-state index contributed by atoms with van der Waals surface area (Å²) in [5, 5.41) is 5.16. The smallest absolute Gasteiger partial charge is 0.287 e. The third-order valence-corrected chi connectivity index (χ3v) is 5.63. The lowest BCUT2D eigenvalue weighted by Crippen LogP contribution is -2.41. The maximum absolute atomic E-state index is 12.3. The SMILES string of the molecule is Cc1ccoc1C(=O)NC[C@@H](c1cccs1)N1CCC(C)CC1. The molecule has 0 aromatic carbocycles. The number of piperidine rings is 1. The molecule has 1 amide bonds. The van der Waals surface area contributed by atoms with Crippen molar-refractivity contribution in [1.82, 2.24) is 10.2 Å². The molecule has 0 bridgehead atoms. The summed E-state index contributed by atoms with van der Waals surface area (Å²) in [7, 11) is 0. The van der Waals surface area contributed by atoms with E-state index in [0.29, 0.717) is 12.3 Å². The van der Waals surface area contributed by atoms with Gasteiger partial charge in [-0.1, -0.05) is 13.0 Å². The van der Waals surface area contributed by atoms with Gasteiger partial charge in [-0.3, -0.25) is 9.69 Å². The van der Waals surface area contributed by atoms with E-state index in [-0.39, 0.29) is 11.9 Å². The fourth-order valence-corrected chi connectivity index (χ4v) is 3.97. The number of rotatable bonds is 5. The zero-order valence-corrected chi connectivity index (χ0v) is 14.6. The molecule has 5 heteroatoms. The van der Waals surface area contributed by atoms with Crippen LogP contribution in [0.5, 0.6) is 0 Å². The van der Waals surface area contributed by atoms with E-state index in [1.165, 1.54) is 17.7 Å². The zero-order chi connectivity index (χ0) is 16.2. The minimum absolute atomic E-state index is 0.126. The van der Waals surface area contributed by atoms with Gasteiger partial charge in [-0.2, -0.15) is 0 Å². The molecule has 0 saturated carbocycles. The topological polar surface area (TPSA) is 45.5 Å². The molecule has 1 fully saturated rings. The molecular formula is C18H24N2O2S. The van der Waals surface area contributed by atoms with Crippen molar-refractivity contribution in [2.24, 2.45) is 5.92 Å². The van der Waals surface area contributed by atoms with Crippen LogP contribution < -0.4 is 5.32 Å². The van der Waals surface area contributed by atoms with Crippen molar-refractivity contribution in [3.63, 3.8) is 0 Å². The van der Waals surface area contributed by atoms with Gasteiger partial charge in [0.15, 0.2) is 5.76 Å². The van der Waals surface area contributed by atoms with Gasteiger partial charge in [0, 0.05) is 17.0 Å². The van der Waals surface area contributed by atoms with Crippen LogP contribution in [-0.2, 0) is 0 Å². The molecule has 0 spiro atoms. The third kappa shape index (κ3) is 3.85. The van der Waals surface area contributed by atoms with Gasteiger partial charge in [-0.05, 0) is 56.3 Å². The average Bonchev–Trinajstić information content (AvgIpc) is 3.20. The first-order chi connectivity index (χ1) is 11.1. The summed E-state index contributed by atoms with van der Waals surface area (Å²) in [6, 6.07) is 6.31. The second kappa shape index (κ2) is 7.32. The van der Waals surface area contributed by atoms with Crippen LogP contribution in [0.15, 0.2) is 34.3 Å². The van der Waals surface area contributed by atoms with Crippen molar-refractivity contribution in [3.8, 4) is 0 Å². The molecule has 0 unspecified atom stereocenters. The van der Waals surface area contributed by atoms with Gasteiger partial charge >= 0.3 is 0 Å². The van der Waals surface area contributed by atoms with Crippen molar-refractivity contribution >= 4 is 17.2 Å². The first kappa shape index (κ1) is 16.3. The summed E-state index contributed by atoms with van der Waals surface area (Å²) in [5.74, 6) is 1.09. The number of likely N-dealkylation sites (tertiary alicyclic amines) is 1. The number of nitrogens with one attached hydrogen (secondary N) is 1. The molecule has 3 heterocycles. The van der Waals surface area contributed by atoms with Gasteiger partial charge in [-0.25, -0.2) is 0 Å². The highest BCUT2D eigenvalue weighted by Crippen LogP contribution is 2.29. The molecule has 2 aromatic rings. The molecule has 4 nitrogen and oxygen atoms in total. The predicted molar refractivity (Wildman–Crippen MR) is 92.8 cm³/mol. The minimum atomic E-state index is -0.126. The Kier molecular flexibility index (Phi) is 5.18. The molecule has 2 aromatic heterocycles. The Morgan fingerprint density at radius 3 is 2.83 bits per heavy atom. The van der Waals surface area contributed by atoms with Crippen LogP contribution in [0, 0.1) is 12.8 Å². The Hall–Kier alpha value is -1.59. The van der Waals surface area contributed by atoms with E-state index < -0.39 is 0 Å². The second-order valence-electron chi connectivity index (χ2n) is 6.39. The number of hydrogen-bond acceptors (Lipinski definition) is 4. The summed E-state index contributed by atoms with van der Waals surface area (Å²) in [5.41, 5.74) is 0.877. The first-order valence-electron chi connectivity index (χ1n) is 8.25. The molecule has 124 valence electrons. The molecule has 0 aliphatic carbocycles. The molecule has 1 atom stereocenters. The van der Waals surface area contributed by atoms with Gasteiger partial charge in [-0.15, -0.1) is 11.3 Å². The number of carbonyl (C=O) groups excluding carboxylic acids is 1. The number of amides is 1. The standard InChI is InChI=1S/C18H24N2O2S/c1-13-5-8-20(9-6-13)15(16-4-3-11-23-16)12-19-18(21)17-14(2)7-10-22-17/h3-4,7,10-11,13,15H,5-6,8-9,12H2,1-2H3,(H,19,21)/t15-/m0/s1. The normalized spacial score (nSPS) is 18.0. The van der Waals surface area contributed by atoms with Crippen LogP contribution in [0.1, 0.15) is 46.8 Å². The number of nitrogens with zero attached hydrogens (tertiary/aromatic N) is 1. The van der Waals surface area contributed by atoms with E-state index in [1.807, 2.05) is 13.0 Å². The van der Waals surface area contributed by atoms with Crippen molar-refractivity contribution in [1.29, 1.82) is 0 Å². The highest BCUT2D eigenvalue weighted by Gasteiger charge is 2.26. The van der Waals surface area contributed by atoms with E-state index in [0.717, 1.165) is 24.6 Å². The van der Waals surface area contributed by atoms with Crippen molar-refractivity contribution in [2.45, 2.75) is 32.7 Å². The fourth-order valence-electron chi connectivity index (χ4n) is 3.11. The number of aryl methyl sites for hydroxylation is 1. The first-order valence-corrected chi connectivity index (χ1v) is 9.13. The summed E-state index contributed by atoms with van der Waals surface area (Å²) in [6.07, 6.45) is 4.02. The van der Waals surface area contributed by atoms with Crippen LogP contribution in [0.25, 0.3) is 0 Å². The maximum Gasteiger partial charge on any atom is 0.287 e. The van der Waals surface area contributed by atoms with Crippen LogP contribution in [0.3, 0.4) is 0 Å². The van der Waals surface area contributed by atoms with E-state index in [9.17, 15) is 4.79 Å². The van der Waals surface area contributed by atoms with Gasteiger partial charge in [0.1, 0.15) is 0 Å². The highest BCUT2D eigenvalue weighted by atomic mass is 32.1. The van der Waals surface area contributed by atoms with Gasteiger partial charge in [0.25, 0.3) is 5.91 Å². The van der Waals surface area contributed by atoms with E-state index in [4.69, 9.17) is 4.42 Å². The molecule has 1 N–H and O–H groups in total. The second-order valence-corrected chi connectivity index (χ2v) is 7.37. The lowest BCUT2D eigenvalue weighted by molar-refractivity contribution is 0.0887. The molecule has 0 radical (unpaired) electrons. The molecule has 1 aliphatic heterocycles. The van der Waals surface area contributed by atoms with Gasteiger partial charge in [0.2, 0.25) is 0 Å². The van der Waals surface area contributed by atoms with Gasteiger partial charge in [0.05, 0.1) is 12.3 Å². The largest absolute Gasteiger partial charge is 0.459 e. The number of carbonyl (C=O) groups is 1. The number of furan rings is 1. The molecule has 23 heavy (non-hydrogen) atoms. The molecule has 1 aliphatic rings. The highest BCUT2D eigenvalue weighted by molar-refractivity contribution is 7.10. The molecule has 3 rings (SSSR count). The van der Waals surface area contributed by atoms with Crippen molar-refractivity contribution in [3.05, 3.63) is 46.0 Å². The summed E-state index contributed by atoms with van der Waals surface area (Å²) in [6.45, 7) is 7.02. The Balaban J connectivity index is 1.67. The predicted octanol–water partition coefficient (Wildman–Crippen LogP) is 3.85. The van der Waals surface area contributed by atoms with E-state index in [1.54, 1.807) is 17.6 Å². The maximum atomic E-state index is 12.3. The van der Waals surface area contributed by atoms with Crippen molar-refractivity contribution in [2.75, 3.05) is 19.6 Å². The van der Waals surface area contributed by atoms with E-state index >= 15 is 0 Å². The fraction of sp³-hybridized carbons (Fsp3) is 0.500. The lowest BCUT2D eigenvalue weighted by Gasteiger charge is -2.36. The van der Waals surface area contributed by atoms with Crippen molar-refractivity contribution < 1.29 is 9.21 Å². The van der Waals surface area contributed by atoms with E-state index in [2.05, 4.69) is 34.7 Å². The average molecular weight is 332 g/mol. The summed E-state index contributed by atoms with van der Waals surface area (Å²) >= 11 is 1.76. The van der Waals surface area contributed by atoms with Crippen LogP contribution in [0.2, 0.25) is 0 Å². The summed E-state index contributed by atoms with van der Waals surface area (Å²) in [4.78, 5) is 16.1. The van der Waals surface area contributed by atoms with Crippen LogP contribution in [-0.4, -0.2) is 30.4 Å². The number of thiophene rings is 1. The molecule has 1 saturated heterocycles. The Morgan fingerprint density at radius 1 is 1.43 bits per heavy atom. The Morgan fingerprint density at radius 2 is 2.22 bits per heavy atom. The monoisotopic (exact) mass is 332 g/mol. The quantitative estimate of drug-likeness (QED) is 0.904. The van der Waals surface area contributed by atoms with Crippen LogP contribution in [0.4, 0.5) is 0 Å². The Bertz CT molecular complexity index is 627. The zero-order valence-electron chi connectivity index (χ0n) is 13.7.